The summed E-state index contributed by atoms with van der Waals surface area (Å²) in [6.07, 6.45) is 2.38. The van der Waals surface area contributed by atoms with Crippen LogP contribution in [0.2, 0.25) is 0 Å². The Labute approximate surface area is 138 Å². The predicted molar refractivity (Wildman–Crippen MR) is 89.3 cm³/mol. The average Bonchev–Trinajstić information content (AvgIpc) is 3.03. The Balaban J connectivity index is 1.56. The first-order valence-electron chi connectivity index (χ1n) is 7.52. The molecule has 1 fully saturated rings. The highest BCUT2D eigenvalue weighted by molar-refractivity contribution is 7.99. The molecule has 0 saturated heterocycles. The van der Waals surface area contributed by atoms with Crippen LogP contribution in [0.15, 0.2) is 22.7 Å². The van der Waals surface area contributed by atoms with Crippen LogP contribution in [0.25, 0.3) is 0 Å². The number of thiophene rings is 1. The zero-order valence-electron chi connectivity index (χ0n) is 12.8. The zero-order valence-corrected chi connectivity index (χ0v) is 14.4. The standard InChI is InChI=1S/C15H20N4OS2/c1-10(2)14-17-18-15(19(14)11-5-6-11)22-9-13(20)16-8-12-4-3-7-21-12/h3-4,7,10-11H,5-6,8-9H2,1-2H3,(H,16,20). The van der Waals surface area contributed by atoms with Gasteiger partial charge in [0.15, 0.2) is 5.16 Å². The van der Waals surface area contributed by atoms with Gasteiger partial charge in [-0.1, -0.05) is 31.7 Å². The molecule has 0 atom stereocenters. The molecule has 0 unspecified atom stereocenters. The van der Waals surface area contributed by atoms with E-state index in [2.05, 4.69) is 33.9 Å². The number of hydrogen-bond donors (Lipinski definition) is 1. The first kappa shape index (κ1) is 15.6. The summed E-state index contributed by atoms with van der Waals surface area (Å²) in [5.41, 5.74) is 0. The van der Waals surface area contributed by atoms with Crippen molar-refractivity contribution in [2.45, 2.75) is 50.4 Å². The molecule has 1 saturated carbocycles. The minimum absolute atomic E-state index is 0.0369. The molecule has 0 spiro atoms. The third-order valence-electron chi connectivity index (χ3n) is 3.49. The lowest BCUT2D eigenvalue weighted by molar-refractivity contribution is -0.118. The van der Waals surface area contributed by atoms with E-state index in [0.717, 1.165) is 11.0 Å². The lowest BCUT2D eigenvalue weighted by Crippen LogP contribution is -2.24. The molecule has 7 heteroatoms. The molecule has 1 amide bonds. The van der Waals surface area contributed by atoms with Gasteiger partial charge in [0.1, 0.15) is 5.82 Å². The fourth-order valence-corrected chi connectivity index (χ4v) is 3.72. The van der Waals surface area contributed by atoms with Crippen molar-refractivity contribution in [1.82, 2.24) is 20.1 Å². The van der Waals surface area contributed by atoms with Gasteiger partial charge in [-0.15, -0.1) is 21.5 Å². The van der Waals surface area contributed by atoms with E-state index in [-0.39, 0.29) is 5.91 Å². The molecule has 118 valence electrons. The Hall–Kier alpha value is -1.34. The lowest BCUT2D eigenvalue weighted by atomic mass is 10.2. The van der Waals surface area contributed by atoms with E-state index in [1.807, 2.05) is 17.5 Å². The van der Waals surface area contributed by atoms with Gasteiger partial charge in [-0.2, -0.15) is 0 Å². The first-order chi connectivity index (χ1) is 10.6. The van der Waals surface area contributed by atoms with Crippen LogP contribution in [0.5, 0.6) is 0 Å². The summed E-state index contributed by atoms with van der Waals surface area (Å²) < 4.78 is 2.22. The molecular formula is C15H20N4OS2. The highest BCUT2D eigenvalue weighted by Crippen LogP contribution is 2.40. The van der Waals surface area contributed by atoms with Crippen LogP contribution in [-0.4, -0.2) is 26.4 Å². The minimum atomic E-state index is 0.0369. The maximum Gasteiger partial charge on any atom is 0.230 e. The molecule has 22 heavy (non-hydrogen) atoms. The number of nitrogens with one attached hydrogen (secondary N) is 1. The first-order valence-corrected chi connectivity index (χ1v) is 9.38. The minimum Gasteiger partial charge on any atom is -0.350 e. The second-order valence-electron chi connectivity index (χ2n) is 5.74. The summed E-state index contributed by atoms with van der Waals surface area (Å²) in [5.74, 6) is 1.81. The Morgan fingerprint density at radius 3 is 2.95 bits per heavy atom. The van der Waals surface area contributed by atoms with Crippen LogP contribution >= 0.6 is 23.1 Å². The third kappa shape index (κ3) is 3.70. The molecule has 2 heterocycles. The zero-order chi connectivity index (χ0) is 15.5. The Morgan fingerprint density at radius 1 is 1.50 bits per heavy atom. The molecule has 0 aromatic carbocycles. The van der Waals surface area contributed by atoms with Gasteiger partial charge in [0, 0.05) is 16.8 Å². The van der Waals surface area contributed by atoms with Crippen LogP contribution in [-0.2, 0) is 11.3 Å². The summed E-state index contributed by atoms with van der Waals surface area (Å²) in [6, 6.07) is 4.55. The summed E-state index contributed by atoms with van der Waals surface area (Å²) in [7, 11) is 0. The highest BCUT2D eigenvalue weighted by Gasteiger charge is 2.30. The molecule has 1 aliphatic carbocycles. The number of aromatic nitrogens is 3. The molecule has 3 rings (SSSR count). The van der Waals surface area contributed by atoms with Gasteiger partial charge in [-0.05, 0) is 24.3 Å². The van der Waals surface area contributed by atoms with E-state index in [9.17, 15) is 4.79 Å². The van der Waals surface area contributed by atoms with Gasteiger partial charge in [0.25, 0.3) is 0 Å². The van der Waals surface area contributed by atoms with Gasteiger partial charge in [-0.3, -0.25) is 4.79 Å². The van der Waals surface area contributed by atoms with Crippen molar-refractivity contribution >= 4 is 29.0 Å². The number of carbonyl (C=O) groups excluding carboxylic acids is 1. The largest absolute Gasteiger partial charge is 0.350 e. The topological polar surface area (TPSA) is 59.8 Å². The van der Waals surface area contributed by atoms with Crippen molar-refractivity contribution in [3.63, 3.8) is 0 Å². The maximum absolute atomic E-state index is 12.0. The van der Waals surface area contributed by atoms with Gasteiger partial charge >= 0.3 is 0 Å². The van der Waals surface area contributed by atoms with E-state index in [4.69, 9.17) is 0 Å². The second kappa shape index (κ2) is 6.83. The van der Waals surface area contributed by atoms with Gasteiger partial charge in [0.05, 0.1) is 12.3 Å². The Bertz CT molecular complexity index is 632. The molecule has 0 aliphatic heterocycles. The van der Waals surface area contributed by atoms with Crippen LogP contribution in [0.3, 0.4) is 0 Å². The highest BCUT2D eigenvalue weighted by atomic mass is 32.2. The van der Waals surface area contributed by atoms with Gasteiger partial charge < -0.3 is 9.88 Å². The van der Waals surface area contributed by atoms with Crippen molar-refractivity contribution in [3.05, 3.63) is 28.2 Å². The van der Waals surface area contributed by atoms with Gasteiger partial charge in [-0.25, -0.2) is 0 Å². The number of rotatable bonds is 7. The quantitative estimate of drug-likeness (QED) is 0.789. The van der Waals surface area contributed by atoms with Crippen LogP contribution in [0, 0.1) is 0 Å². The van der Waals surface area contributed by atoms with Gasteiger partial charge in [0.2, 0.25) is 5.91 Å². The number of thioether (sulfide) groups is 1. The molecule has 0 bridgehead atoms. The number of nitrogens with zero attached hydrogens (tertiary/aromatic N) is 3. The summed E-state index contributed by atoms with van der Waals surface area (Å²) in [6.45, 7) is 4.86. The summed E-state index contributed by atoms with van der Waals surface area (Å²) in [5, 5.41) is 14.4. The molecule has 2 aromatic heterocycles. The fraction of sp³-hybridized carbons (Fsp3) is 0.533. The number of carbonyl (C=O) groups is 1. The third-order valence-corrected chi connectivity index (χ3v) is 5.31. The number of hydrogen-bond acceptors (Lipinski definition) is 5. The second-order valence-corrected chi connectivity index (χ2v) is 7.72. The Kier molecular flexibility index (Phi) is 4.83. The summed E-state index contributed by atoms with van der Waals surface area (Å²) in [4.78, 5) is 13.1. The Morgan fingerprint density at radius 2 is 2.32 bits per heavy atom. The SMILES string of the molecule is CC(C)c1nnc(SCC(=O)NCc2cccs2)n1C1CC1. The van der Waals surface area contributed by atoms with Crippen molar-refractivity contribution < 1.29 is 4.79 Å². The molecule has 2 aromatic rings. The molecular weight excluding hydrogens is 316 g/mol. The maximum atomic E-state index is 12.0. The van der Waals surface area contributed by atoms with Crippen LogP contribution in [0.4, 0.5) is 0 Å². The molecule has 0 radical (unpaired) electrons. The fourth-order valence-electron chi connectivity index (χ4n) is 2.24. The lowest BCUT2D eigenvalue weighted by Gasteiger charge is -2.10. The summed E-state index contributed by atoms with van der Waals surface area (Å²) >= 11 is 3.13. The predicted octanol–water partition coefficient (Wildman–Crippen LogP) is 3.21. The molecule has 1 N–H and O–H groups in total. The average molecular weight is 336 g/mol. The monoisotopic (exact) mass is 336 g/mol. The molecule has 1 aliphatic rings. The van der Waals surface area contributed by atoms with E-state index in [0.29, 0.717) is 24.3 Å². The van der Waals surface area contributed by atoms with Crippen molar-refractivity contribution in [2.75, 3.05) is 5.75 Å². The van der Waals surface area contributed by atoms with Crippen molar-refractivity contribution in [3.8, 4) is 0 Å². The van der Waals surface area contributed by atoms with E-state index < -0.39 is 0 Å². The molecule has 5 nitrogen and oxygen atoms in total. The number of amides is 1. The van der Waals surface area contributed by atoms with Crippen molar-refractivity contribution in [1.29, 1.82) is 0 Å². The van der Waals surface area contributed by atoms with Crippen LogP contribution < -0.4 is 5.32 Å². The van der Waals surface area contributed by atoms with E-state index >= 15 is 0 Å². The van der Waals surface area contributed by atoms with E-state index in [1.54, 1.807) is 11.3 Å². The van der Waals surface area contributed by atoms with Crippen LogP contribution in [0.1, 0.15) is 49.4 Å². The normalized spacial score (nSPS) is 14.5. The smallest absolute Gasteiger partial charge is 0.230 e. The van der Waals surface area contributed by atoms with E-state index in [1.165, 1.54) is 29.5 Å². The van der Waals surface area contributed by atoms with Crippen molar-refractivity contribution in [2.24, 2.45) is 0 Å².